The van der Waals surface area contributed by atoms with Gasteiger partial charge in [-0.2, -0.15) is 0 Å². The number of aromatic nitrogens is 2. The molecule has 1 fully saturated rings. The lowest BCUT2D eigenvalue weighted by molar-refractivity contribution is 0.333. The molecule has 7 nitrogen and oxygen atoms in total. The second-order valence-electron chi connectivity index (χ2n) is 8.26. The predicted octanol–water partition coefficient (Wildman–Crippen LogP) is 5.55. The van der Waals surface area contributed by atoms with Crippen LogP contribution < -0.4 is 21.5 Å². The average molecular weight is 538 g/mol. The molecule has 1 aliphatic rings. The van der Waals surface area contributed by atoms with E-state index in [-0.39, 0.29) is 36.8 Å². The summed E-state index contributed by atoms with van der Waals surface area (Å²) < 4.78 is 5.44. The number of ether oxygens (including phenoxy) is 1. The van der Waals surface area contributed by atoms with Crippen molar-refractivity contribution < 1.29 is 4.74 Å². The van der Waals surface area contributed by atoms with E-state index in [0.29, 0.717) is 23.3 Å². The summed E-state index contributed by atoms with van der Waals surface area (Å²) >= 11 is 5.99. The van der Waals surface area contributed by atoms with Crippen LogP contribution in [-0.4, -0.2) is 35.6 Å². The number of anilines is 1. The minimum absolute atomic E-state index is 0. The van der Waals surface area contributed by atoms with E-state index < -0.39 is 0 Å². The van der Waals surface area contributed by atoms with Gasteiger partial charge in [0.25, 0.3) is 0 Å². The summed E-state index contributed by atoms with van der Waals surface area (Å²) in [4.78, 5) is 13.9. The Kier molecular flexibility index (Phi) is 10.9. The molecule has 0 aliphatic heterocycles. The molecule has 2 unspecified atom stereocenters. The van der Waals surface area contributed by atoms with Crippen LogP contribution in [0.5, 0.6) is 5.75 Å². The molecule has 1 aromatic heterocycles. The maximum Gasteiger partial charge on any atom is 0.185 e. The zero-order valence-corrected chi connectivity index (χ0v) is 21.9. The molecule has 3 aromatic rings. The van der Waals surface area contributed by atoms with Gasteiger partial charge in [-0.3, -0.25) is 4.99 Å². The van der Waals surface area contributed by atoms with Crippen molar-refractivity contribution in [2.24, 2.45) is 22.4 Å². The number of nitrogens with one attached hydrogen (secondary N) is 1. The predicted molar refractivity (Wildman–Crippen MR) is 151 cm³/mol. The fourth-order valence-electron chi connectivity index (χ4n) is 4.20. The van der Waals surface area contributed by atoms with Crippen LogP contribution in [-0.2, 0) is 0 Å². The highest BCUT2D eigenvalue weighted by Gasteiger charge is 2.26. The molecule has 5 N–H and O–H groups in total. The first-order chi connectivity index (χ1) is 16.0. The van der Waals surface area contributed by atoms with Crippen molar-refractivity contribution in [2.75, 3.05) is 19.0 Å². The van der Waals surface area contributed by atoms with Crippen LogP contribution in [0.1, 0.15) is 37.1 Å². The molecule has 0 saturated heterocycles. The Morgan fingerprint density at radius 3 is 2.54 bits per heavy atom. The van der Waals surface area contributed by atoms with Crippen LogP contribution in [0.15, 0.2) is 47.5 Å². The van der Waals surface area contributed by atoms with Gasteiger partial charge in [0.2, 0.25) is 0 Å². The largest absolute Gasteiger partial charge is 0.497 e. The van der Waals surface area contributed by atoms with Crippen LogP contribution in [0.4, 0.5) is 5.82 Å². The van der Waals surface area contributed by atoms with Crippen LogP contribution in [0.25, 0.3) is 23.1 Å². The monoisotopic (exact) mass is 536 g/mol. The highest BCUT2D eigenvalue weighted by Crippen LogP contribution is 2.31. The molecule has 2 atom stereocenters. The Balaban J connectivity index is 0.00000216. The van der Waals surface area contributed by atoms with Gasteiger partial charge in [0.05, 0.1) is 12.6 Å². The van der Waals surface area contributed by atoms with Crippen molar-refractivity contribution in [3.8, 4) is 5.75 Å². The van der Waals surface area contributed by atoms with Crippen LogP contribution in [0.2, 0.25) is 5.02 Å². The van der Waals surface area contributed by atoms with Gasteiger partial charge in [0, 0.05) is 23.0 Å². The van der Waals surface area contributed by atoms with Crippen molar-refractivity contribution in [2.45, 2.75) is 31.7 Å². The van der Waals surface area contributed by atoms with Gasteiger partial charge in [0.1, 0.15) is 11.6 Å². The van der Waals surface area contributed by atoms with Crippen molar-refractivity contribution in [1.29, 1.82) is 0 Å². The van der Waals surface area contributed by atoms with Gasteiger partial charge in [-0.15, -0.1) is 24.8 Å². The highest BCUT2D eigenvalue weighted by molar-refractivity contribution is 6.30. The smallest absolute Gasteiger partial charge is 0.185 e. The number of halogens is 3. The normalized spacial score (nSPS) is 17.3. The van der Waals surface area contributed by atoms with Crippen molar-refractivity contribution in [1.82, 2.24) is 9.97 Å². The number of aliphatic imine (C=N–C) groups is 1. The fourth-order valence-corrected chi connectivity index (χ4v) is 4.32. The zero-order chi connectivity index (χ0) is 23.2. The molecule has 1 heterocycles. The average Bonchev–Trinajstić information content (AvgIpc) is 2.83. The summed E-state index contributed by atoms with van der Waals surface area (Å²) in [6.07, 6.45) is 8.34. The lowest BCUT2D eigenvalue weighted by atomic mass is 9.84. The molecule has 0 bridgehead atoms. The molecule has 1 saturated carbocycles. The van der Waals surface area contributed by atoms with E-state index in [4.69, 9.17) is 37.8 Å². The van der Waals surface area contributed by atoms with E-state index in [0.717, 1.165) is 47.3 Å². The van der Waals surface area contributed by atoms with Gasteiger partial charge >= 0.3 is 0 Å². The van der Waals surface area contributed by atoms with E-state index in [1.54, 1.807) is 7.11 Å². The Morgan fingerprint density at radius 2 is 1.83 bits per heavy atom. The zero-order valence-electron chi connectivity index (χ0n) is 19.5. The molecule has 35 heavy (non-hydrogen) atoms. The molecular formula is C25H31Cl3N6O. The van der Waals surface area contributed by atoms with Crippen molar-refractivity contribution in [3.63, 3.8) is 0 Å². The minimum Gasteiger partial charge on any atom is -0.497 e. The number of benzene rings is 2. The summed E-state index contributed by atoms with van der Waals surface area (Å²) in [5, 5.41) is 5.31. The van der Waals surface area contributed by atoms with Gasteiger partial charge in [-0.25, -0.2) is 9.97 Å². The minimum atomic E-state index is 0. The summed E-state index contributed by atoms with van der Waals surface area (Å²) in [6, 6.07) is 13.7. The second kappa shape index (κ2) is 13.4. The maximum absolute atomic E-state index is 5.99. The summed E-state index contributed by atoms with van der Waals surface area (Å²) in [6.45, 7) is 0.607. The topological polar surface area (TPSA) is 111 Å². The molecule has 188 valence electrons. The number of nitrogens with two attached hydrogens (primary N) is 2. The third-order valence-electron chi connectivity index (χ3n) is 5.95. The Hall–Kier alpha value is -2.74. The number of rotatable bonds is 7. The summed E-state index contributed by atoms with van der Waals surface area (Å²) in [5.74, 6) is 2.65. The van der Waals surface area contributed by atoms with E-state index in [1.165, 1.54) is 6.42 Å². The standard InChI is InChI=1S/C25H29ClN6O.2ClH/c1-33-19-11-12-22-20(14-19)24(31-21-5-3-2-4-17(21)15-29-25(27)28)32-23(30-22)13-8-16-6-9-18(26)10-7-16;;/h6-14,17,21H,2-5,15H2,1H3,(H4,27,28,29)(H,30,31,32);2*1H/b13-8-;;. The molecule has 0 amide bonds. The first-order valence-electron chi connectivity index (χ1n) is 11.1. The molecule has 4 rings (SSSR count). The van der Waals surface area contributed by atoms with E-state index in [2.05, 4.69) is 10.3 Å². The fraction of sp³-hybridized carbons (Fsp3) is 0.320. The van der Waals surface area contributed by atoms with E-state index in [1.807, 2.05) is 54.6 Å². The molecule has 10 heteroatoms. The molecule has 1 aliphatic carbocycles. The first-order valence-corrected chi connectivity index (χ1v) is 11.5. The summed E-state index contributed by atoms with van der Waals surface area (Å²) in [5.41, 5.74) is 13.0. The molecule has 0 spiro atoms. The highest BCUT2D eigenvalue weighted by atomic mass is 35.5. The lowest BCUT2D eigenvalue weighted by Crippen LogP contribution is -2.35. The van der Waals surface area contributed by atoms with Crippen LogP contribution in [0.3, 0.4) is 0 Å². The number of nitrogens with zero attached hydrogens (tertiary/aromatic N) is 3. The number of fused-ring (bicyclic) bond motifs is 1. The van der Waals surface area contributed by atoms with Gasteiger partial charge < -0.3 is 21.5 Å². The molecule has 0 radical (unpaired) electrons. The second-order valence-corrected chi connectivity index (χ2v) is 8.70. The van der Waals surface area contributed by atoms with Crippen LogP contribution in [0, 0.1) is 5.92 Å². The van der Waals surface area contributed by atoms with Gasteiger partial charge in [-0.1, -0.05) is 42.7 Å². The first kappa shape index (κ1) is 28.5. The third kappa shape index (κ3) is 7.62. The number of methoxy groups -OCH3 is 1. The van der Waals surface area contributed by atoms with Crippen molar-refractivity contribution in [3.05, 3.63) is 58.9 Å². The number of guanidine groups is 1. The Labute approximate surface area is 223 Å². The number of hydrogen-bond donors (Lipinski definition) is 3. The molecular weight excluding hydrogens is 507 g/mol. The number of hydrogen-bond acceptors (Lipinski definition) is 5. The van der Waals surface area contributed by atoms with E-state index >= 15 is 0 Å². The van der Waals surface area contributed by atoms with E-state index in [9.17, 15) is 0 Å². The molecule has 2 aromatic carbocycles. The Bertz CT molecular complexity index is 1170. The van der Waals surface area contributed by atoms with Gasteiger partial charge in [0.15, 0.2) is 11.8 Å². The SMILES string of the molecule is COc1ccc2nc(/C=C\c3ccc(Cl)cc3)nc(NC3CCCCC3CN=C(N)N)c2c1.Cl.Cl. The maximum atomic E-state index is 5.99. The van der Waals surface area contributed by atoms with Crippen LogP contribution >= 0.6 is 36.4 Å². The lowest BCUT2D eigenvalue weighted by Gasteiger charge is -2.32. The quantitative estimate of drug-likeness (QED) is 0.269. The van der Waals surface area contributed by atoms with Gasteiger partial charge in [-0.05, 0) is 60.7 Å². The summed E-state index contributed by atoms with van der Waals surface area (Å²) in [7, 11) is 1.66. The third-order valence-corrected chi connectivity index (χ3v) is 6.21. The Morgan fingerprint density at radius 1 is 1.09 bits per heavy atom. The van der Waals surface area contributed by atoms with Crippen molar-refractivity contribution >= 4 is 71.2 Å².